The maximum Gasteiger partial charge on any atom is 0.271 e. The molecule has 0 saturated heterocycles. The van der Waals surface area contributed by atoms with Crippen LogP contribution in [0.5, 0.6) is 5.75 Å². The van der Waals surface area contributed by atoms with Gasteiger partial charge in [0.05, 0.1) is 19.0 Å². The lowest BCUT2D eigenvalue weighted by atomic mass is 10.0. The van der Waals surface area contributed by atoms with E-state index in [4.69, 9.17) is 9.15 Å². The molecule has 2 aromatic carbocycles. The number of benzene rings is 2. The van der Waals surface area contributed by atoms with Gasteiger partial charge in [0.25, 0.3) is 5.91 Å². The van der Waals surface area contributed by atoms with E-state index >= 15 is 0 Å². The van der Waals surface area contributed by atoms with Crippen LogP contribution >= 0.6 is 0 Å². The van der Waals surface area contributed by atoms with E-state index in [-0.39, 0.29) is 5.91 Å². The van der Waals surface area contributed by atoms with Crippen LogP contribution in [0.3, 0.4) is 0 Å². The van der Waals surface area contributed by atoms with Crippen molar-refractivity contribution in [3.63, 3.8) is 0 Å². The van der Waals surface area contributed by atoms with E-state index in [0.29, 0.717) is 24.6 Å². The molecule has 0 spiro atoms. The van der Waals surface area contributed by atoms with Crippen molar-refractivity contribution < 1.29 is 13.9 Å². The molecule has 4 aromatic rings. The highest BCUT2D eigenvalue weighted by atomic mass is 16.5. The lowest BCUT2D eigenvalue weighted by Gasteiger charge is -2.15. The maximum absolute atomic E-state index is 12.6. The number of hydrogen-bond donors (Lipinski definition) is 1. The summed E-state index contributed by atoms with van der Waals surface area (Å²) in [6, 6.07) is 19.6. The van der Waals surface area contributed by atoms with Crippen LogP contribution in [-0.4, -0.2) is 16.7 Å². The fraction of sp³-hybridized carbons (Fsp3) is 0.267. The van der Waals surface area contributed by atoms with Gasteiger partial charge in [0.1, 0.15) is 18.1 Å². The summed E-state index contributed by atoms with van der Waals surface area (Å²) in [5, 5.41) is 4.18. The molecule has 1 N–H and O–H groups in total. The second-order valence-corrected chi connectivity index (χ2v) is 9.37. The molecule has 1 amide bonds. The Morgan fingerprint density at radius 1 is 1.08 bits per heavy atom. The zero-order valence-electron chi connectivity index (χ0n) is 21.5. The lowest BCUT2D eigenvalue weighted by Crippen LogP contribution is -2.17. The van der Waals surface area contributed by atoms with E-state index in [9.17, 15) is 4.79 Å². The van der Waals surface area contributed by atoms with Crippen molar-refractivity contribution in [2.75, 3.05) is 0 Å². The smallest absolute Gasteiger partial charge is 0.271 e. The molecule has 0 fully saturated rings. The average Bonchev–Trinajstić information content (AvgIpc) is 3.47. The Bertz CT molecular complexity index is 1350. The summed E-state index contributed by atoms with van der Waals surface area (Å²) in [6.45, 7) is 11.5. The normalized spacial score (nSPS) is 11.4. The van der Waals surface area contributed by atoms with E-state index in [1.54, 1.807) is 24.6 Å². The quantitative estimate of drug-likeness (QED) is 0.218. The molecule has 6 heteroatoms. The Labute approximate surface area is 212 Å². The van der Waals surface area contributed by atoms with Gasteiger partial charge in [0, 0.05) is 22.5 Å². The largest absolute Gasteiger partial charge is 0.489 e. The second kappa shape index (κ2) is 11.1. The van der Waals surface area contributed by atoms with E-state index in [0.717, 1.165) is 34.0 Å². The highest BCUT2D eigenvalue weighted by molar-refractivity contribution is 5.95. The van der Waals surface area contributed by atoms with Crippen molar-refractivity contribution in [3.05, 3.63) is 112 Å². The third-order valence-corrected chi connectivity index (χ3v) is 6.28. The number of carbonyl (C=O) groups is 1. The third kappa shape index (κ3) is 5.95. The molecule has 2 heterocycles. The number of aromatic nitrogens is 1. The molecule has 0 bridgehead atoms. The summed E-state index contributed by atoms with van der Waals surface area (Å²) in [5.41, 5.74) is 9.62. The van der Waals surface area contributed by atoms with Crippen LogP contribution in [0.2, 0.25) is 0 Å². The molecule has 2 aromatic heterocycles. The fourth-order valence-electron chi connectivity index (χ4n) is 4.14. The minimum absolute atomic E-state index is 0.260. The molecule has 0 aliphatic rings. The van der Waals surface area contributed by atoms with Crippen LogP contribution in [0, 0.1) is 20.8 Å². The van der Waals surface area contributed by atoms with Gasteiger partial charge < -0.3 is 13.7 Å². The number of rotatable bonds is 9. The first-order valence-electron chi connectivity index (χ1n) is 12.2. The molecule has 6 nitrogen and oxygen atoms in total. The van der Waals surface area contributed by atoms with Gasteiger partial charge in [-0.1, -0.05) is 38.1 Å². The van der Waals surface area contributed by atoms with Gasteiger partial charge in [0.2, 0.25) is 0 Å². The number of hydrazone groups is 1. The molecule has 0 aliphatic heterocycles. The molecule has 36 heavy (non-hydrogen) atoms. The van der Waals surface area contributed by atoms with Gasteiger partial charge in [-0.2, -0.15) is 5.10 Å². The number of amides is 1. The topological polar surface area (TPSA) is 68.8 Å². The van der Waals surface area contributed by atoms with Crippen LogP contribution < -0.4 is 10.2 Å². The molecule has 0 saturated carbocycles. The summed E-state index contributed by atoms with van der Waals surface area (Å²) in [7, 11) is 0. The van der Waals surface area contributed by atoms with Gasteiger partial charge >= 0.3 is 0 Å². The summed E-state index contributed by atoms with van der Waals surface area (Å²) in [6.07, 6.45) is 3.35. The average molecular weight is 484 g/mol. The van der Waals surface area contributed by atoms with Crippen molar-refractivity contribution >= 4 is 12.1 Å². The Morgan fingerprint density at radius 3 is 2.56 bits per heavy atom. The van der Waals surface area contributed by atoms with Crippen molar-refractivity contribution in [3.8, 4) is 5.75 Å². The molecule has 0 radical (unpaired) electrons. The van der Waals surface area contributed by atoms with Gasteiger partial charge in [-0.15, -0.1) is 0 Å². The fourth-order valence-corrected chi connectivity index (χ4v) is 4.14. The van der Waals surface area contributed by atoms with Crippen molar-refractivity contribution in [2.24, 2.45) is 5.10 Å². The molecule has 4 rings (SSSR count). The van der Waals surface area contributed by atoms with Crippen LogP contribution in [-0.2, 0) is 13.2 Å². The maximum atomic E-state index is 12.6. The van der Waals surface area contributed by atoms with Crippen molar-refractivity contribution in [1.29, 1.82) is 0 Å². The number of ether oxygens (including phenoxy) is 1. The first-order chi connectivity index (χ1) is 17.3. The molecule has 0 atom stereocenters. The zero-order chi connectivity index (χ0) is 25.7. The minimum atomic E-state index is -0.260. The predicted molar refractivity (Wildman–Crippen MR) is 143 cm³/mol. The Hall–Kier alpha value is -4.06. The van der Waals surface area contributed by atoms with Crippen LogP contribution in [0.4, 0.5) is 0 Å². The van der Waals surface area contributed by atoms with Crippen molar-refractivity contribution in [1.82, 2.24) is 9.99 Å². The molecular formula is C30H33N3O3. The van der Waals surface area contributed by atoms with Crippen LogP contribution in [0.1, 0.15) is 69.5 Å². The second-order valence-electron chi connectivity index (χ2n) is 9.37. The lowest BCUT2D eigenvalue weighted by molar-refractivity contribution is 0.0955. The standard InChI is InChI=1S/C30H33N3O3/c1-20(2)28-13-8-21(3)15-29(28)36-19-24-9-11-25(12-10-24)30(34)32-31-17-26-16-22(4)33(23(26)5)18-27-7-6-14-35-27/h6-17,20H,18-19H2,1-5H3,(H,32,34)/b31-17-. The van der Waals surface area contributed by atoms with E-state index in [1.165, 1.54) is 11.1 Å². The van der Waals surface area contributed by atoms with E-state index in [2.05, 4.69) is 54.1 Å². The summed E-state index contributed by atoms with van der Waals surface area (Å²) < 4.78 is 13.7. The van der Waals surface area contributed by atoms with Gasteiger partial charge in [-0.05, 0) is 79.8 Å². The molecule has 186 valence electrons. The highest BCUT2D eigenvalue weighted by Gasteiger charge is 2.11. The Morgan fingerprint density at radius 2 is 1.86 bits per heavy atom. The summed E-state index contributed by atoms with van der Waals surface area (Å²) >= 11 is 0. The summed E-state index contributed by atoms with van der Waals surface area (Å²) in [4.78, 5) is 12.6. The zero-order valence-corrected chi connectivity index (χ0v) is 21.5. The predicted octanol–water partition coefficient (Wildman–Crippen LogP) is 6.52. The van der Waals surface area contributed by atoms with Crippen molar-refractivity contribution in [2.45, 2.75) is 53.7 Å². The molecule has 0 unspecified atom stereocenters. The van der Waals surface area contributed by atoms with Gasteiger partial charge in [-0.3, -0.25) is 4.79 Å². The third-order valence-electron chi connectivity index (χ3n) is 6.28. The SMILES string of the molecule is Cc1ccc(C(C)C)c(OCc2ccc(C(=O)N/N=C\c3cc(C)n(Cc4ccco4)c3C)cc2)c1. The van der Waals surface area contributed by atoms with Crippen LogP contribution in [0.25, 0.3) is 0 Å². The first-order valence-corrected chi connectivity index (χ1v) is 12.2. The Kier molecular flexibility index (Phi) is 7.74. The van der Waals surface area contributed by atoms with Gasteiger partial charge in [-0.25, -0.2) is 5.43 Å². The minimum Gasteiger partial charge on any atom is -0.489 e. The number of nitrogens with zero attached hydrogens (tertiary/aromatic N) is 2. The number of furan rings is 1. The molecular weight excluding hydrogens is 450 g/mol. The van der Waals surface area contributed by atoms with Crippen LogP contribution in [0.15, 0.2) is 76.4 Å². The van der Waals surface area contributed by atoms with E-state index in [1.807, 2.05) is 44.2 Å². The first kappa shape index (κ1) is 25.0. The molecule has 0 aliphatic carbocycles. The number of hydrogen-bond acceptors (Lipinski definition) is 4. The Balaban J connectivity index is 1.34. The number of nitrogens with one attached hydrogen (secondary N) is 1. The van der Waals surface area contributed by atoms with Gasteiger partial charge in [0.15, 0.2) is 0 Å². The summed E-state index contributed by atoms with van der Waals surface area (Å²) in [5.74, 6) is 1.92. The van der Waals surface area contributed by atoms with E-state index < -0.39 is 0 Å². The monoisotopic (exact) mass is 483 g/mol. The number of aryl methyl sites for hydroxylation is 2. The highest BCUT2D eigenvalue weighted by Crippen LogP contribution is 2.28. The number of carbonyl (C=O) groups excluding carboxylic acids is 1.